The number of rotatable bonds is 5. The lowest BCUT2D eigenvalue weighted by molar-refractivity contribution is 0.207. The Morgan fingerprint density at radius 2 is 2.20 bits per heavy atom. The molecule has 3 nitrogen and oxygen atoms in total. The summed E-state index contributed by atoms with van der Waals surface area (Å²) in [6.45, 7) is 8.06. The molecule has 1 aromatic rings. The maximum atomic E-state index is 6.06. The Hall–Kier alpha value is -1.06. The lowest BCUT2D eigenvalue weighted by atomic mass is 10.0. The second-order valence-corrected chi connectivity index (χ2v) is 5.83. The van der Waals surface area contributed by atoms with Crippen LogP contribution in [-0.2, 0) is 0 Å². The topological polar surface area (TPSA) is 38.5 Å². The molecule has 2 N–H and O–H groups in total. The van der Waals surface area contributed by atoms with Gasteiger partial charge in [-0.1, -0.05) is 19.1 Å². The van der Waals surface area contributed by atoms with Crippen molar-refractivity contribution in [3.8, 4) is 5.75 Å². The third-order valence-corrected chi connectivity index (χ3v) is 4.27. The van der Waals surface area contributed by atoms with Crippen molar-refractivity contribution in [2.75, 3.05) is 26.2 Å². The normalized spacial score (nSPS) is 22.2. The van der Waals surface area contributed by atoms with Crippen molar-refractivity contribution in [1.29, 1.82) is 0 Å². The maximum absolute atomic E-state index is 6.06. The summed E-state index contributed by atoms with van der Waals surface area (Å²) in [6, 6.07) is 8.74. The molecule has 1 heterocycles. The molecule has 1 fully saturated rings. The van der Waals surface area contributed by atoms with E-state index < -0.39 is 0 Å². The minimum absolute atomic E-state index is 0.320. The molecule has 0 aromatic heterocycles. The van der Waals surface area contributed by atoms with Crippen LogP contribution >= 0.6 is 0 Å². The van der Waals surface area contributed by atoms with Crippen LogP contribution in [0.5, 0.6) is 5.75 Å². The Morgan fingerprint density at radius 1 is 1.35 bits per heavy atom. The Balaban J connectivity index is 2.12. The van der Waals surface area contributed by atoms with E-state index in [4.69, 9.17) is 10.5 Å². The summed E-state index contributed by atoms with van der Waals surface area (Å²) in [4.78, 5) is 2.55. The molecule has 2 atom stereocenters. The minimum atomic E-state index is 0.320. The van der Waals surface area contributed by atoms with Crippen molar-refractivity contribution in [2.24, 2.45) is 11.7 Å². The number of hydrogen-bond acceptors (Lipinski definition) is 3. The molecule has 2 unspecified atom stereocenters. The molecule has 0 aliphatic carbocycles. The fourth-order valence-electron chi connectivity index (χ4n) is 3.07. The van der Waals surface area contributed by atoms with Gasteiger partial charge in [0, 0.05) is 12.6 Å². The Bertz CT molecular complexity index is 408. The van der Waals surface area contributed by atoms with Crippen molar-refractivity contribution >= 4 is 0 Å². The zero-order chi connectivity index (χ0) is 14.4. The SMILES string of the molecule is CCOc1cccc(C(CN)N2CCCC(C)CC2)c1. The molecule has 1 aromatic carbocycles. The number of nitrogens with two attached hydrogens (primary N) is 1. The van der Waals surface area contributed by atoms with E-state index in [0.29, 0.717) is 19.2 Å². The molecule has 20 heavy (non-hydrogen) atoms. The molecule has 2 rings (SSSR count). The average Bonchev–Trinajstić information content (AvgIpc) is 2.66. The Morgan fingerprint density at radius 3 is 2.95 bits per heavy atom. The van der Waals surface area contributed by atoms with Crippen LogP contribution in [0, 0.1) is 5.92 Å². The molecular weight excluding hydrogens is 248 g/mol. The van der Waals surface area contributed by atoms with Gasteiger partial charge in [0.25, 0.3) is 0 Å². The highest BCUT2D eigenvalue weighted by Gasteiger charge is 2.22. The largest absolute Gasteiger partial charge is 0.494 e. The van der Waals surface area contributed by atoms with Crippen molar-refractivity contribution in [3.05, 3.63) is 29.8 Å². The zero-order valence-electron chi connectivity index (χ0n) is 12.8. The van der Waals surface area contributed by atoms with Crippen LogP contribution in [0.15, 0.2) is 24.3 Å². The van der Waals surface area contributed by atoms with Gasteiger partial charge in [-0.25, -0.2) is 0 Å². The number of benzene rings is 1. The van der Waals surface area contributed by atoms with Crippen molar-refractivity contribution < 1.29 is 4.74 Å². The van der Waals surface area contributed by atoms with Gasteiger partial charge < -0.3 is 10.5 Å². The smallest absolute Gasteiger partial charge is 0.119 e. The standard InChI is InChI=1S/C17H28N2O/c1-3-20-16-8-4-7-15(12-16)17(13-18)19-10-5-6-14(2)9-11-19/h4,7-8,12,14,17H,3,5-6,9-11,13,18H2,1-2H3. The molecule has 1 aliphatic heterocycles. The Kier molecular flexibility index (Phi) is 5.86. The minimum Gasteiger partial charge on any atom is -0.494 e. The van der Waals surface area contributed by atoms with Crippen molar-refractivity contribution in [3.63, 3.8) is 0 Å². The molecule has 112 valence electrons. The quantitative estimate of drug-likeness (QED) is 0.897. The first-order chi connectivity index (χ1) is 9.74. The van der Waals surface area contributed by atoms with E-state index in [9.17, 15) is 0 Å². The molecule has 0 spiro atoms. The van der Waals surface area contributed by atoms with Crippen LogP contribution in [0.2, 0.25) is 0 Å². The van der Waals surface area contributed by atoms with Gasteiger partial charge in [0.1, 0.15) is 5.75 Å². The average molecular weight is 276 g/mol. The van der Waals surface area contributed by atoms with Crippen LogP contribution in [-0.4, -0.2) is 31.1 Å². The highest BCUT2D eigenvalue weighted by atomic mass is 16.5. The third kappa shape index (κ3) is 3.97. The fourth-order valence-corrected chi connectivity index (χ4v) is 3.07. The highest BCUT2D eigenvalue weighted by Crippen LogP contribution is 2.27. The molecule has 0 radical (unpaired) electrons. The molecular formula is C17H28N2O. The fraction of sp³-hybridized carbons (Fsp3) is 0.647. The number of likely N-dealkylation sites (tertiary alicyclic amines) is 1. The zero-order valence-corrected chi connectivity index (χ0v) is 12.8. The predicted octanol–water partition coefficient (Wildman–Crippen LogP) is 3.21. The van der Waals surface area contributed by atoms with Gasteiger partial charge in [-0.15, -0.1) is 0 Å². The Labute approximate surface area is 123 Å². The van der Waals surface area contributed by atoms with Crippen molar-refractivity contribution in [2.45, 2.75) is 39.2 Å². The van der Waals surface area contributed by atoms with Gasteiger partial charge in [-0.05, 0) is 62.9 Å². The summed E-state index contributed by atoms with van der Waals surface area (Å²) in [5.74, 6) is 1.79. The monoisotopic (exact) mass is 276 g/mol. The summed E-state index contributed by atoms with van der Waals surface area (Å²) in [5, 5.41) is 0. The maximum Gasteiger partial charge on any atom is 0.119 e. The van der Waals surface area contributed by atoms with E-state index in [0.717, 1.165) is 24.8 Å². The predicted molar refractivity (Wildman–Crippen MR) is 84.0 cm³/mol. The first-order valence-electron chi connectivity index (χ1n) is 7.91. The third-order valence-electron chi connectivity index (χ3n) is 4.27. The van der Waals surface area contributed by atoms with Crippen LogP contribution in [0.4, 0.5) is 0 Å². The molecule has 1 aliphatic rings. The number of nitrogens with zero attached hydrogens (tertiary/aromatic N) is 1. The van der Waals surface area contributed by atoms with Gasteiger partial charge in [0.2, 0.25) is 0 Å². The van der Waals surface area contributed by atoms with E-state index in [1.54, 1.807) is 0 Å². The van der Waals surface area contributed by atoms with Gasteiger partial charge >= 0.3 is 0 Å². The van der Waals surface area contributed by atoms with E-state index >= 15 is 0 Å². The van der Waals surface area contributed by atoms with Gasteiger partial charge in [0.05, 0.1) is 6.61 Å². The van der Waals surface area contributed by atoms with Crippen LogP contribution in [0.3, 0.4) is 0 Å². The van der Waals surface area contributed by atoms with Crippen molar-refractivity contribution in [1.82, 2.24) is 4.90 Å². The van der Waals surface area contributed by atoms with Crippen LogP contribution in [0.25, 0.3) is 0 Å². The highest BCUT2D eigenvalue weighted by molar-refractivity contribution is 5.31. The van der Waals surface area contributed by atoms with Crippen LogP contribution in [0.1, 0.15) is 44.7 Å². The van der Waals surface area contributed by atoms with E-state index in [1.165, 1.54) is 24.8 Å². The first kappa shape index (κ1) is 15.3. The molecule has 0 saturated carbocycles. The lowest BCUT2D eigenvalue weighted by Crippen LogP contribution is -2.34. The second-order valence-electron chi connectivity index (χ2n) is 5.83. The summed E-state index contributed by atoms with van der Waals surface area (Å²) >= 11 is 0. The molecule has 1 saturated heterocycles. The number of ether oxygens (including phenoxy) is 1. The summed E-state index contributed by atoms with van der Waals surface area (Å²) in [7, 11) is 0. The summed E-state index contributed by atoms with van der Waals surface area (Å²) in [6.07, 6.45) is 3.90. The molecule has 0 amide bonds. The van der Waals surface area contributed by atoms with Crippen LogP contribution < -0.4 is 10.5 Å². The van der Waals surface area contributed by atoms with E-state index in [-0.39, 0.29) is 0 Å². The van der Waals surface area contributed by atoms with Gasteiger partial charge in [-0.2, -0.15) is 0 Å². The van der Waals surface area contributed by atoms with E-state index in [1.807, 2.05) is 13.0 Å². The molecule has 3 heteroatoms. The van der Waals surface area contributed by atoms with E-state index in [2.05, 4.69) is 30.0 Å². The summed E-state index contributed by atoms with van der Waals surface area (Å²) < 4.78 is 5.61. The summed E-state index contributed by atoms with van der Waals surface area (Å²) in [5.41, 5.74) is 7.35. The second kappa shape index (κ2) is 7.65. The number of hydrogen-bond donors (Lipinski definition) is 1. The molecule has 0 bridgehead atoms. The lowest BCUT2D eigenvalue weighted by Gasteiger charge is -2.30. The first-order valence-corrected chi connectivity index (χ1v) is 7.91. The van der Waals surface area contributed by atoms with Gasteiger partial charge in [0.15, 0.2) is 0 Å². The van der Waals surface area contributed by atoms with Gasteiger partial charge in [-0.3, -0.25) is 4.90 Å².